The Kier molecular flexibility index (Phi) is 4.42. The second kappa shape index (κ2) is 6.29. The van der Waals surface area contributed by atoms with Gasteiger partial charge in [-0.1, -0.05) is 17.8 Å². The molecule has 0 radical (unpaired) electrons. The molecule has 0 bridgehead atoms. The number of fused-ring (bicyclic) bond motifs is 1. The predicted molar refractivity (Wildman–Crippen MR) is 86.4 cm³/mol. The molecule has 110 valence electrons. The Morgan fingerprint density at radius 3 is 3.05 bits per heavy atom. The number of hydrogen-bond donors (Lipinski definition) is 1. The lowest BCUT2D eigenvalue weighted by Crippen LogP contribution is -2.35. The van der Waals surface area contributed by atoms with Crippen molar-refractivity contribution in [1.29, 1.82) is 0 Å². The van der Waals surface area contributed by atoms with E-state index in [1.165, 1.54) is 11.8 Å². The molecular formula is C14H15BrN4OS. The minimum atomic E-state index is -0.0174. The fourth-order valence-electron chi connectivity index (χ4n) is 2.46. The first-order valence-electron chi connectivity index (χ1n) is 6.65. The van der Waals surface area contributed by atoms with Crippen LogP contribution in [0.2, 0.25) is 0 Å². The Bertz CT molecular complexity index is 718. The maximum atomic E-state index is 12.1. The Morgan fingerprint density at radius 2 is 2.29 bits per heavy atom. The minimum absolute atomic E-state index is 0.0174. The Hall–Kier alpha value is -1.18. The second-order valence-corrected chi connectivity index (χ2v) is 6.52. The van der Waals surface area contributed by atoms with E-state index in [2.05, 4.69) is 35.8 Å². The van der Waals surface area contributed by atoms with Crippen LogP contribution in [-0.4, -0.2) is 32.7 Å². The maximum absolute atomic E-state index is 12.1. The predicted octanol–water partition coefficient (Wildman–Crippen LogP) is 2.21. The summed E-state index contributed by atoms with van der Waals surface area (Å²) in [6.07, 6.45) is 2.72. The molecule has 0 amide bonds. The number of nitrogens with one attached hydrogen (secondary N) is 1. The van der Waals surface area contributed by atoms with Crippen LogP contribution in [0.4, 0.5) is 0 Å². The number of rotatable bonds is 3. The molecule has 0 fully saturated rings. The Morgan fingerprint density at radius 1 is 1.43 bits per heavy atom. The van der Waals surface area contributed by atoms with Gasteiger partial charge >= 0.3 is 0 Å². The molecule has 0 atom stereocenters. The second-order valence-electron chi connectivity index (χ2n) is 4.91. The largest absolute Gasteiger partial charge is 0.301 e. The van der Waals surface area contributed by atoms with Crippen LogP contribution in [0.3, 0.4) is 0 Å². The smallest absolute Gasteiger partial charge is 0.256 e. The molecule has 1 aliphatic heterocycles. The summed E-state index contributed by atoms with van der Waals surface area (Å²) in [6.45, 7) is 2.26. The third kappa shape index (κ3) is 3.36. The van der Waals surface area contributed by atoms with E-state index >= 15 is 0 Å². The molecule has 0 aliphatic carbocycles. The van der Waals surface area contributed by atoms with Crippen molar-refractivity contribution in [1.82, 2.24) is 19.9 Å². The number of hydrogen-bond acceptors (Lipinski definition) is 5. The first-order valence-corrected chi connectivity index (χ1v) is 8.67. The van der Waals surface area contributed by atoms with Crippen molar-refractivity contribution in [2.24, 2.45) is 0 Å². The van der Waals surface area contributed by atoms with Crippen molar-refractivity contribution in [3.63, 3.8) is 0 Å². The van der Waals surface area contributed by atoms with Gasteiger partial charge in [-0.25, -0.2) is 9.97 Å². The van der Waals surface area contributed by atoms with Gasteiger partial charge in [0.25, 0.3) is 5.56 Å². The van der Waals surface area contributed by atoms with E-state index < -0.39 is 0 Å². The molecule has 5 nitrogen and oxygen atoms in total. The van der Waals surface area contributed by atoms with Crippen molar-refractivity contribution >= 4 is 27.7 Å². The molecule has 0 saturated carbocycles. The molecule has 7 heteroatoms. The van der Waals surface area contributed by atoms with Gasteiger partial charge in [0.1, 0.15) is 4.60 Å². The van der Waals surface area contributed by atoms with E-state index in [0.29, 0.717) is 11.7 Å². The fourth-order valence-corrected chi connectivity index (χ4v) is 3.23. The summed E-state index contributed by atoms with van der Waals surface area (Å²) < 4.78 is 0.835. The summed E-state index contributed by atoms with van der Waals surface area (Å²) in [5.74, 6) is 0. The van der Waals surface area contributed by atoms with Crippen molar-refractivity contribution in [2.75, 3.05) is 12.8 Å². The first kappa shape index (κ1) is 14.7. The summed E-state index contributed by atoms with van der Waals surface area (Å²) in [5, 5.41) is 0.695. The maximum Gasteiger partial charge on any atom is 0.256 e. The van der Waals surface area contributed by atoms with Gasteiger partial charge in [-0.2, -0.15) is 0 Å². The van der Waals surface area contributed by atoms with Gasteiger partial charge in [0.05, 0.1) is 17.0 Å². The van der Waals surface area contributed by atoms with Gasteiger partial charge in [-0.15, -0.1) is 0 Å². The summed E-state index contributed by atoms with van der Waals surface area (Å²) in [4.78, 5) is 26.1. The zero-order valence-electron chi connectivity index (χ0n) is 11.6. The number of halogens is 1. The third-order valence-electron chi connectivity index (χ3n) is 3.48. The van der Waals surface area contributed by atoms with Crippen LogP contribution in [0.25, 0.3) is 0 Å². The molecule has 21 heavy (non-hydrogen) atoms. The molecule has 2 aromatic rings. The number of nitrogens with zero attached hydrogens (tertiary/aromatic N) is 3. The van der Waals surface area contributed by atoms with Crippen molar-refractivity contribution in [3.05, 3.63) is 50.1 Å². The quantitative estimate of drug-likeness (QED) is 0.512. The van der Waals surface area contributed by atoms with E-state index in [9.17, 15) is 4.79 Å². The number of pyridine rings is 1. The number of aromatic nitrogens is 3. The fraction of sp³-hybridized carbons (Fsp3) is 0.357. The van der Waals surface area contributed by atoms with Gasteiger partial charge in [0.2, 0.25) is 0 Å². The summed E-state index contributed by atoms with van der Waals surface area (Å²) in [5.41, 5.74) is 2.70. The van der Waals surface area contributed by atoms with E-state index in [1.54, 1.807) is 0 Å². The molecule has 0 unspecified atom stereocenters. The van der Waals surface area contributed by atoms with E-state index in [1.807, 2.05) is 24.5 Å². The first-order chi connectivity index (χ1) is 10.2. The van der Waals surface area contributed by atoms with E-state index in [-0.39, 0.29) is 5.56 Å². The molecule has 0 spiro atoms. The summed E-state index contributed by atoms with van der Waals surface area (Å²) in [7, 11) is 0. The lowest BCUT2D eigenvalue weighted by Gasteiger charge is -2.27. The molecule has 1 N–H and O–H groups in total. The Labute approximate surface area is 135 Å². The van der Waals surface area contributed by atoms with Crippen LogP contribution in [-0.2, 0) is 19.5 Å². The molecular weight excluding hydrogens is 352 g/mol. The topological polar surface area (TPSA) is 61.9 Å². The summed E-state index contributed by atoms with van der Waals surface area (Å²) in [6, 6.07) is 5.89. The van der Waals surface area contributed by atoms with Gasteiger partial charge in [0, 0.05) is 26.1 Å². The highest BCUT2D eigenvalue weighted by Gasteiger charge is 2.21. The lowest BCUT2D eigenvalue weighted by atomic mass is 10.1. The highest BCUT2D eigenvalue weighted by atomic mass is 79.9. The zero-order valence-corrected chi connectivity index (χ0v) is 14.0. The van der Waals surface area contributed by atoms with Crippen molar-refractivity contribution < 1.29 is 0 Å². The van der Waals surface area contributed by atoms with E-state index in [4.69, 9.17) is 0 Å². The normalized spacial score (nSPS) is 15.0. The molecule has 3 rings (SSSR count). The van der Waals surface area contributed by atoms with Gasteiger partial charge in [-0.05, 0) is 34.3 Å². The van der Waals surface area contributed by atoms with Crippen LogP contribution in [0, 0.1) is 0 Å². The van der Waals surface area contributed by atoms with Crippen LogP contribution in [0.15, 0.2) is 32.8 Å². The summed E-state index contributed by atoms with van der Waals surface area (Å²) >= 11 is 4.85. The standard InChI is InChI=1S/C14H15BrN4OS/c1-21-14-17-11-5-6-19(8-10(11)13(20)18-14)7-9-3-2-4-12(15)16-9/h2-4H,5-8H2,1H3,(H,17,18,20). The van der Waals surface area contributed by atoms with Crippen molar-refractivity contribution in [2.45, 2.75) is 24.7 Å². The number of thioether (sulfide) groups is 1. The minimum Gasteiger partial charge on any atom is -0.301 e. The highest BCUT2D eigenvalue weighted by molar-refractivity contribution is 9.10. The van der Waals surface area contributed by atoms with E-state index in [0.717, 1.165) is 41.1 Å². The average molecular weight is 367 g/mol. The molecule has 0 aromatic carbocycles. The lowest BCUT2D eigenvalue weighted by molar-refractivity contribution is 0.238. The molecule has 1 aliphatic rings. The SMILES string of the molecule is CSc1nc2c(c(=O)[nH]1)CN(Cc1cccc(Br)n1)CC2. The molecule has 2 aromatic heterocycles. The Balaban J connectivity index is 1.80. The number of H-pyrrole nitrogens is 1. The molecule has 0 saturated heterocycles. The third-order valence-corrected chi connectivity index (χ3v) is 4.50. The van der Waals surface area contributed by atoms with Gasteiger partial charge in [-0.3, -0.25) is 9.69 Å². The van der Waals surface area contributed by atoms with Gasteiger partial charge < -0.3 is 4.98 Å². The monoisotopic (exact) mass is 366 g/mol. The van der Waals surface area contributed by atoms with Crippen molar-refractivity contribution in [3.8, 4) is 0 Å². The highest BCUT2D eigenvalue weighted by Crippen LogP contribution is 2.18. The average Bonchev–Trinajstić information content (AvgIpc) is 2.47. The van der Waals surface area contributed by atoms with Crippen LogP contribution in [0.5, 0.6) is 0 Å². The molecule has 3 heterocycles. The van der Waals surface area contributed by atoms with Crippen LogP contribution < -0.4 is 5.56 Å². The van der Waals surface area contributed by atoms with Crippen LogP contribution in [0.1, 0.15) is 17.0 Å². The zero-order chi connectivity index (χ0) is 14.8. The van der Waals surface area contributed by atoms with Gasteiger partial charge in [0.15, 0.2) is 5.16 Å². The number of aromatic amines is 1. The van der Waals surface area contributed by atoms with Crippen LogP contribution >= 0.6 is 27.7 Å².